The number of anilines is 1. The molecule has 0 bridgehead atoms. The van der Waals surface area contributed by atoms with E-state index in [1.807, 2.05) is 66.7 Å². The molecule has 4 rings (SSSR count). The van der Waals surface area contributed by atoms with Gasteiger partial charge in [-0.1, -0.05) is 36.4 Å². The summed E-state index contributed by atoms with van der Waals surface area (Å²) in [4.78, 5) is 9.00. The zero-order chi connectivity index (χ0) is 20.1. The van der Waals surface area contributed by atoms with E-state index in [0.717, 1.165) is 39.8 Å². The molecule has 0 aliphatic rings. The van der Waals surface area contributed by atoms with Crippen LogP contribution in [0.25, 0.3) is 21.9 Å². The lowest BCUT2D eigenvalue weighted by Crippen LogP contribution is -2.09. The molecule has 2 aromatic heterocycles. The fraction of sp³-hybridized carbons (Fsp3) is 0.125. The van der Waals surface area contributed by atoms with Crippen molar-refractivity contribution < 1.29 is 4.74 Å². The van der Waals surface area contributed by atoms with Gasteiger partial charge in [-0.2, -0.15) is 5.26 Å². The highest BCUT2D eigenvalue weighted by Gasteiger charge is 2.16. The molecule has 0 saturated carbocycles. The van der Waals surface area contributed by atoms with Crippen molar-refractivity contribution in [2.45, 2.75) is 6.42 Å². The lowest BCUT2D eigenvalue weighted by molar-refractivity contribution is 0.415. The van der Waals surface area contributed by atoms with Crippen LogP contribution in [-0.4, -0.2) is 23.6 Å². The molecular formula is C24H20N4O. The smallest absolute Gasteiger partial charge is 0.151 e. The maximum Gasteiger partial charge on any atom is 0.151 e. The van der Waals surface area contributed by atoms with Crippen LogP contribution >= 0.6 is 0 Å². The minimum absolute atomic E-state index is 0.386. The van der Waals surface area contributed by atoms with Gasteiger partial charge in [0, 0.05) is 35.8 Å². The summed E-state index contributed by atoms with van der Waals surface area (Å²) < 4.78 is 5.43. The van der Waals surface area contributed by atoms with Crippen molar-refractivity contribution >= 4 is 16.6 Å². The third-order valence-corrected chi connectivity index (χ3v) is 4.78. The molecule has 5 nitrogen and oxygen atoms in total. The number of fused-ring (bicyclic) bond motifs is 1. The number of nitrogens with one attached hydrogen (secondary N) is 1. The number of hydrogen-bond acceptors (Lipinski definition) is 5. The molecule has 29 heavy (non-hydrogen) atoms. The molecule has 4 aromatic rings. The second-order valence-electron chi connectivity index (χ2n) is 6.57. The summed E-state index contributed by atoms with van der Waals surface area (Å²) >= 11 is 0. The molecule has 0 unspecified atom stereocenters. The number of ether oxygens (including phenoxy) is 1. The molecule has 0 atom stereocenters. The minimum atomic E-state index is 0.386. The Morgan fingerprint density at radius 3 is 2.55 bits per heavy atom. The van der Waals surface area contributed by atoms with Crippen LogP contribution in [0.15, 0.2) is 72.9 Å². The molecule has 0 spiro atoms. The van der Waals surface area contributed by atoms with Gasteiger partial charge in [-0.15, -0.1) is 0 Å². The van der Waals surface area contributed by atoms with E-state index >= 15 is 0 Å². The summed E-state index contributed by atoms with van der Waals surface area (Å²) in [5.74, 6) is 1.43. The molecule has 5 heteroatoms. The first kappa shape index (κ1) is 18.5. The Morgan fingerprint density at radius 2 is 1.83 bits per heavy atom. The number of benzene rings is 2. The van der Waals surface area contributed by atoms with Crippen LogP contribution < -0.4 is 10.1 Å². The Kier molecular flexibility index (Phi) is 5.35. The van der Waals surface area contributed by atoms with Crippen molar-refractivity contribution in [3.05, 3.63) is 84.3 Å². The number of nitrogens with zero attached hydrogens (tertiary/aromatic N) is 3. The van der Waals surface area contributed by atoms with E-state index in [9.17, 15) is 5.26 Å². The average Bonchev–Trinajstić information content (AvgIpc) is 2.79. The first-order chi connectivity index (χ1) is 14.3. The monoisotopic (exact) mass is 380 g/mol. The Hall–Kier alpha value is -3.91. The predicted molar refractivity (Wildman–Crippen MR) is 115 cm³/mol. The van der Waals surface area contributed by atoms with Gasteiger partial charge >= 0.3 is 0 Å². The van der Waals surface area contributed by atoms with E-state index < -0.39 is 0 Å². The summed E-state index contributed by atoms with van der Waals surface area (Å²) in [6.07, 6.45) is 2.56. The van der Waals surface area contributed by atoms with Gasteiger partial charge in [-0.05, 0) is 41.3 Å². The van der Waals surface area contributed by atoms with Crippen LogP contribution in [-0.2, 0) is 6.42 Å². The Bertz CT molecular complexity index is 1170. The molecule has 2 heterocycles. The SMILES string of the molecule is COc1ccc2c(NCCc3ccccn3)nc(C#N)c(-c3ccccc3)c2c1. The number of methoxy groups -OCH3 is 1. The molecule has 0 aliphatic heterocycles. The molecule has 0 saturated heterocycles. The molecule has 1 N–H and O–H groups in total. The number of pyridine rings is 2. The third kappa shape index (κ3) is 3.87. The van der Waals surface area contributed by atoms with Gasteiger partial charge in [0.1, 0.15) is 17.6 Å². The second-order valence-corrected chi connectivity index (χ2v) is 6.57. The molecule has 142 valence electrons. The van der Waals surface area contributed by atoms with Crippen molar-refractivity contribution in [2.75, 3.05) is 19.0 Å². The van der Waals surface area contributed by atoms with Gasteiger partial charge in [0.15, 0.2) is 5.69 Å². The highest BCUT2D eigenvalue weighted by atomic mass is 16.5. The molecule has 0 radical (unpaired) electrons. The van der Waals surface area contributed by atoms with Crippen molar-refractivity contribution in [3.63, 3.8) is 0 Å². The Labute approximate surface area is 169 Å². The summed E-state index contributed by atoms with van der Waals surface area (Å²) in [6.45, 7) is 0.667. The van der Waals surface area contributed by atoms with Crippen LogP contribution in [0.1, 0.15) is 11.4 Å². The highest BCUT2D eigenvalue weighted by Crippen LogP contribution is 2.36. The first-order valence-corrected chi connectivity index (χ1v) is 9.41. The van der Waals surface area contributed by atoms with Crippen LogP contribution in [0, 0.1) is 11.3 Å². The van der Waals surface area contributed by atoms with E-state index in [4.69, 9.17) is 4.74 Å². The molecule has 2 aromatic carbocycles. The van der Waals surface area contributed by atoms with Crippen LogP contribution in [0.5, 0.6) is 5.75 Å². The van der Waals surface area contributed by atoms with E-state index in [1.54, 1.807) is 13.3 Å². The minimum Gasteiger partial charge on any atom is -0.497 e. The lowest BCUT2D eigenvalue weighted by atomic mass is 9.97. The van der Waals surface area contributed by atoms with Crippen molar-refractivity contribution in [1.82, 2.24) is 9.97 Å². The number of aromatic nitrogens is 2. The van der Waals surface area contributed by atoms with Gasteiger partial charge in [0.05, 0.1) is 7.11 Å². The number of hydrogen-bond donors (Lipinski definition) is 1. The largest absolute Gasteiger partial charge is 0.497 e. The van der Waals surface area contributed by atoms with Crippen LogP contribution in [0.3, 0.4) is 0 Å². The van der Waals surface area contributed by atoms with Gasteiger partial charge in [0.2, 0.25) is 0 Å². The van der Waals surface area contributed by atoms with Gasteiger partial charge in [-0.3, -0.25) is 4.98 Å². The normalized spacial score (nSPS) is 10.5. The molecule has 0 fully saturated rings. The third-order valence-electron chi connectivity index (χ3n) is 4.78. The van der Waals surface area contributed by atoms with Crippen LogP contribution in [0.2, 0.25) is 0 Å². The summed E-state index contributed by atoms with van der Waals surface area (Å²) in [5, 5.41) is 15.1. The van der Waals surface area contributed by atoms with E-state index in [0.29, 0.717) is 18.1 Å². The van der Waals surface area contributed by atoms with Crippen LogP contribution in [0.4, 0.5) is 5.82 Å². The van der Waals surface area contributed by atoms with E-state index in [-0.39, 0.29) is 0 Å². The van der Waals surface area contributed by atoms with Crippen molar-refractivity contribution in [1.29, 1.82) is 5.26 Å². The zero-order valence-electron chi connectivity index (χ0n) is 16.1. The summed E-state index contributed by atoms with van der Waals surface area (Å²) in [6, 6.07) is 23.9. The van der Waals surface area contributed by atoms with Crippen molar-refractivity contribution in [3.8, 4) is 22.9 Å². The highest BCUT2D eigenvalue weighted by molar-refractivity contribution is 6.04. The average molecular weight is 380 g/mol. The summed E-state index contributed by atoms with van der Waals surface area (Å²) in [7, 11) is 1.64. The predicted octanol–water partition coefficient (Wildman–Crippen LogP) is 4.83. The topological polar surface area (TPSA) is 70.8 Å². The van der Waals surface area contributed by atoms with Crippen molar-refractivity contribution in [2.24, 2.45) is 0 Å². The Morgan fingerprint density at radius 1 is 1.00 bits per heavy atom. The fourth-order valence-corrected chi connectivity index (χ4v) is 3.39. The maximum absolute atomic E-state index is 9.81. The second kappa shape index (κ2) is 8.41. The zero-order valence-corrected chi connectivity index (χ0v) is 16.1. The quantitative estimate of drug-likeness (QED) is 0.519. The van der Waals surface area contributed by atoms with E-state index in [2.05, 4.69) is 21.4 Å². The lowest BCUT2D eigenvalue weighted by Gasteiger charge is -2.15. The molecular weight excluding hydrogens is 360 g/mol. The number of rotatable bonds is 6. The van der Waals surface area contributed by atoms with Gasteiger partial charge in [-0.25, -0.2) is 4.98 Å². The molecule has 0 amide bonds. The maximum atomic E-state index is 9.81. The number of nitriles is 1. The first-order valence-electron chi connectivity index (χ1n) is 9.41. The van der Waals surface area contributed by atoms with Gasteiger partial charge < -0.3 is 10.1 Å². The van der Waals surface area contributed by atoms with E-state index in [1.165, 1.54) is 0 Å². The van der Waals surface area contributed by atoms with Gasteiger partial charge in [0.25, 0.3) is 0 Å². The molecule has 0 aliphatic carbocycles. The Balaban J connectivity index is 1.79. The summed E-state index contributed by atoms with van der Waals surface area (Å²) in [5.41, 5.74) is 3.16. The fourth-order valence-electron chi connectivity index (χ4n) is 3.39. The standard InChI is InChI=1S/C24H20N4O/c1-29-19-10-11-20-21(15-19)23(17-7-3-2-4-8-17)22(16-25)28-24(20)27-14-12-18-9-5-6-13-26-18/h2-11,13,15H,12,14H2,1H3,(H,27,28).